The standard InChI is InChI=1S/C23H31N3OS/c1-3-28-23-11-7-21(8-12-23)18-26-14-4-13-25(15-16-26)17-20-5-9-22(10-6-20)24-19(2)27/h5-12H,3-4,13-18H2,1-2H3,(H,24,27). The third-order valence-electron chi connectivity index (χ3n) is 5.00. The molecule has 150 valence electrons. The molecule has 0 spiro atoms. The summed E-state index contributed by atoms with van der Waals surface area (Å²) < 4.78 is 0. The van der Waals surface area contributed by atoms with Gasteiger partial charge in [0, 0.05) is 43.7 Å². The molecule has 1 fully saturated rings. The van der Waals surface area contributed by atoms with Gasteiger partial charge in [0.25, 0.3) is 0 Å². The van der Waals surface area contributed by atoms with Crippen molar-refractivity contribution in [1.82, 2.24) is 9.80 Å². The molecule has 0 aliphatic carbocycles. The number of nitrogens with one attached hydrogen (secondary N) is 1. The lowest BCUT2D eigenvalue weighted by Crippen LogP contribution is -2.30. The first-order chi connectivity index (χ1) is 13.6. The van der Waals surface area contributed by atoms with Gasteiger partial charge in [-0.3, -0.25) is 14.6 Å². The summed E-state index contributed by atoms with van der Waals surface area (Å²) in [6.45, 7) is 10.2. The Balaban J connectivity index is 1.48. The van der Waals surface area contributed by atoms with E-state index in [2.05, 4.69) is 58.4 Å². The predicted octanol–water partition coefficient (Wildman–Crippen LogP) is 4.46. The van der Waals surface area contributed by atoms with Gasteiger partial charge < -0.3 is 5.32 Å². The molecule has 2 aromatic rings. The summed E-state index contributed by atoms with van der Waals surface area (Å²) >= 11 is 1.90. The summed E-state index contributed by atoms with van der Waals surface area (Å²) in [6, 6.07) is 17.3. The highest BCUT2D eigenvalue weighted by molar-refractivity contribution is 7.99. The molecular weight excluding hydrogens is 366 g/mol. The van der Waals surface area contributed by atoms with E-state index in [0.717, 1.165) is 50.7 Å². The summed E-state index contributed by atoms with van der Waals surface area (Å²) in [5.74, 6) is 1.09. The predicted molar refractivity (Wildman–Crippen MR) is 119 cm³/mol. The molecule has 0 unspecified atom stereocenters. The third-order valence-corrected chi connectivity index (χ3v) is 5.90. The maximum Gasteiger partial charge on any atom is 0.221 e. The number of nitrogens with zero attached hydrogens (tertiary/aromatic N) is 2. The molecule has 5 heteroatoms. The molecule has 2 aromatic carbocycles. The van der Waals surface area contributed by atoms with Crippen LogP contribution in [0.15, 0.2) is 53.4 Å². The van der Waals surface area contributed by atoms with Crippen LogP contribution in [0.1, 0.15) is 31.4 Å². The number of hydrogen-bond acceptors (Lipinski definition) is 4. The molecule has 4 nitrogen and oxygen atoms in total. The Kier molecular flexibility index (Phi) is 7.95. The van der Waals surface area contributed by atoms with Crippen molar-refractivity contribution in [2.24, 2.45) is 0 Å². The molecular formula is C23H31N3OS. The zero-order valence-corrected chi connectivity index (χ0v) is 17.8. The second kappa shape index (κ2) is 10.6. The number of anilines is 1. The van der Waals surface area contributed by atoms with Crippen LogP contribution in [-0.2, 0) is 17.9 Å². The molecule has 1 N–H and O–H groups in total. The first kappa shape index (κ1) is 20.9. The van der Waals surface area contributed by atoms with Gasteiger partial charge in [0.15, 0.2) is 0 Å². The number of thioether (sulfide) groups is 1. The fraction of sp³-hybridized carbons (Fsp3) is 0.435. The molecule has 3 rings (SSSR count). The number of carbonyl (C=O) groups excluding carboxylic acids is 1. The smallest absolute Gasteiger partial charge is 0.221 e. The first-order valence-electron chi connectivity index (χ1n) is 10.2. The van der Waals surface area contributed by atoms with E-state index in [1.54, 1.807) is 0 Å². The number of benzene rings is 2. The SMILES string of the molecule is CCSc1ccc(CN2CCCN(Cc3ccc(NC(C)=O)cc3)CC2)cc1. The molecule has 1 saturated heterocycles. The van der Waals surface area contributed by atoms with Gasteiger partial charge in [-0.2, -0.15) is 0 Å². The topological polar surface area (TPSA) is 35.6 Å². The Bertz CT molecular complexity index is 745. The fourth-order valence-corrected chi connectivity index (χ4v) is 4.27. The van der Waals surface area contributed by atoms with E-state index < -0.39 is 0 Å². The van der Waals surface area contributed by atoms with Crippen LogP contribution in [0.4, 0.5) is 5.69 Å². The van der Waals surface area contributed by atoms with Crippen LogP contribution in [0, 0.1) is 0 Å². The van der Waals surface area contributed by atoms with Crippen molar-refractivity contribution in [3.63, 3.8) is 0 Å². The van der Waals surface area contributed by atoms with Crippen molar-refractivity contribution < 1.29 is 4.79 Å². The monoisotopic (exact) mass is 397 g/mol. The maximum absolute atomic E-state index is 11.1. The fourth-order valence-electron chi connectivity index (χ4n) is 3.61. The highest BCUT2D eigenvalue weighted by atomic mass is 32.2. The van der Waals surface area contributed by atoms with E-state index in [-0.39, 0.29) is 5.91 Å². The normalized spacial score (nSPS) is 15.9. The van der Waals surface area contributed by atoms with Crippen LogP contribution < -0.4 is 5.32 Å². The second-order valence-corrected chi connectivity index (χ2v) is 8.70. The van der Waals surface area contributed by atoms with Gasteiger partial charge >= 0.3 is 0 Å². The van der Waals surface area contributed by atoms with Crippen molar-refractivity contribution in [1.29, 1.82) is 0 Å². The van der Waals surface area contributed by atoms with Crippen molar-refractivity contribution in [2.75, 3.05) is 37.2 Å². The lowest BCUT2D eigenvalue weighted by molar-refractivity contribution is -0.114. The van der Waals surface area contributed by atoms with Crippen LogP contribution in [0.5, 0.6) is 0 Å². The third kappa shape index (κ3) is 6.66. The second-order valence-electron chi connectivity index (χ2n) is 7.36. The molecule has 0 saturated carbocycles. The molecule has 1 aliphatic heterocycles. The summed E-state index contributed by atoms with van der Waals surface area (Å²) in [4.78, 5) is 17.6. The molecule has 0 atom stereocenters. The molecule has 1 heterocycles. The Morgan fingerprint density at radius 1 is 0.893 bits per heavy atom. The molecule has 0 bridgehead atoms. The van der Waals surface area contributed by atoms with Gasteiger partial charge in [0.1, 0.15) is 0 Å². The van der Waals surface area contributed by atoms with E-state index in [1.165, 1.54) is 29.4 Å². The molecule has 28 heavy (non-hydrogen) atoms. The highest BCUT2D eigenvalue weighted by Gasteiger charge is 2.15. The number of carbonyl (C=O) groups is 1. The Labute approximate surface area is 173 Å². The average Bonchev–Trinajstić information content (AvgIpc) is 2.90. The van der Waals surface area contributed by atoms with Crippen LogP contribution in [-0.4, -0.2) is 47.6 Å². The van der Waals surface area contributed by atoms with Crippen molar-refractivity contribution in [2.45, 2.75) is 38.3 Å². The van der Waals surface area contributed by atoms with Crippen LogP contribution in [0.3, 0.4) is 0 Å². The van der Waals surface area contributed by atoms with Gasteiger partial charge in [-0.1, -0.05) is 31.2 Å². The first-order valence-corrected chi connectivity index (χ1v) is 11.1. The Hall–Kier alpha value is -1.82. The average molecular weight is 398 g/mol. The van der Waals surface area contributed by atoms with Crippen LogP contribution in [0.2, 0.25) is 0 Å². The lowest BCUT2D eigenvalue weighted by atomic mass is 10.2. The lowest BCUT2D eigenvalue weighted by Gasteiger charge is -2.22. The molecule has 1 amide bonds. The van der Waals surface area contributed by atoms with Crippen LogP contribution in [0.25, 0.3) is 0 Å². The van der Waals surface area contributed by atoms with Gasteiger partial charge in [-0.25, -0.2) is 0 Å². The van der Waals surface area contributed by atoms with E-state index in [4.69, 9.17) is 0 Å². The van der Waals surface area contributed by atoms with Crippen molar-refractivity contribution in [3.8, 4) is 0 Å². The summed E-state index contributed by atoms with van der Waals surface area (Å²) in [5.41, 5.74) is 3.57. The van der Waals surface area contributed by atoms with E-state index in [0.29, 0.717) is 0 Å². The summed E-state index contributed by atoms with van der Waals surface area (Å²) in [5, 5.41) is 2.82. The quantitative estimate of drug-likeness (QED) is 0.700. The van der Waals surface area contributed by atoms with E-state index >= 15 is 0 Å². The van der Waals surface area contributed by atoms with Gasteiger partial charge in [-0.15, -0.1) is 11.8 Å². The Morgan fingerprint density at radius 2 is 1.43 bits per heavy atom. The largest absolute Gasteiger partial charge is 0.326 e. The zero-order valence-electron chi connectivity index (χ0n) is 17.0. The molecule has 0 radical (unpaired) electrons. The van der Waals surface area contributed by atoms with E-state index in [1.807, 2.05) is 23.9 Å². The summed E-state index contributed by atoms with van der Waals surface area (Å²) in [7, 11) is 0. The minimum Gasteiger partial charge on any atom is -0.326 e. The molecule has 0 aromatic heterocycles. The number of amides is 1. The zero-order chi connectivity index (χ0) is 19.8. The van der Waals surface area contributed by atoms with Gasteiger partial charge in [0.05, 0.1) is 0 Å². The Morgan fingerprint density at radius 3 is 1.93 bits per heavy atom. The van der Waals surface area contributed by atoms with Crippen molar-refractivity contribution >= 4 is 23.4 Å². The van der Waals surface area contributed by atoms with Crippen molar-refractivity contribution in [3.05, 3.63) is 59.7 Å². The molecule has 1 aliphatic rings. The summed E-state index contributed by atoms with van der Waals surface area (Å²) in [6.07, 6.45) is 1.20. The highest BCUT2D eigenvalue weighted by Crippen LogP contribution is 2.19. The van der Waals surface area contributed by atoms with Gasteiger partial charge in [-0.05, 0) is 60.7 Å². The number of hydrogen-bond donors (Lipinski definition) is 1. The van der Waals surface area contributed by atoms with E-state index in [9.17, 15) is 4.79 Å². The maximum atomic E-state index is 11.1. The minimum absolute atomic E-state index is 0.0286. The van der Waals surface area contributed by atoms with Gasteiger partial charge in [0.2, 0.25) is 5.91 Å². The van der Waals surface area contributed by atoms with Crippen LogP contribution >= 0.6 is 11.8 Å². The minimum atomic E-state index is -0.0286. The number of rotatable bonds is 7.